The Bertz CT molecular complexity index is 558. The van der Waals surface area contributed by atoms with Crippen LogP contribution in [-0.4, -0.2) is 23.3 Å². The van der Waals surface area contributed by atoms with Crippen LogP contribution >= 0.6 is 11.3 Å². The molecule has 0 bridgehead atoms. The molecule has 1 aliphatic heterocycles. The van der Waals surface area contributed by atoms with Crippen LogP contribution in [0.25, 0.3) is 10.6 Å². The highest BCUT2D eigenvalue weighted by Crippen LogP contribution is 2.31. The lowest BCUT2D eigenvalue weighted by Crippen LogP contribution is -2.17. The third-order valence-electron chi connectivity index (χ3n) is 3.32. The van der Waals surface area contributed by atoms with Crippen LogP contribution in [0.5, 0.6) is 0 Å². The molecule has 0 unspecified atom stereocenters. The number of rotatable bonds is 2. The van der Waals surface area contributed by atoms with E-state index in [0.717, 1.165) is 40.0 Å². The van der Waals surface area contributed by atoms with Gasteiger partial charge in [-0.25, -0.2) is 0 Å². The molecule has 5 heteroatoms. The number of anilines is 2. The Kier molecular flexibility index (Phi) is 2.91. The van der Waals surface area contributed by atoms with Gasteiger partial charge in [0.05, 0.1) is 0 Å². The van der Waals surface area contributed by atoms with Gasteiger partial charge in [-0.3, -0.25) is 0 Å². The Hall–Kier alpha value is -1.62. The van der Waals surface area contributed by atoms with E-state index < -0.39 is 0 Å². The average molecular weight is 260 g/mol. The van der Waals surface area contributed by atoms with E-state index >= 15 is 0 Å². The molecule has 2 N–H and O–H groups in total. The zero-order chi connectivity index (χ0) is 12.5. The second-order valence-electron chi connectivity index (χ2n) is 4.66. The second-order valence-corrected chi connectivity index (χ2v) is 5.61. The topological polar surface area (TPSA) is 55.0 Å². The van der Waals surface area contributed by atoms with Crippen molar-refractivity contribution in [1.82, 2.24) is 10.2 Å². The van der Waals surface area contributed by atoms with Gasteiger partial charge in [0, 0.05) is 24.3 Å². The smallest absolute Gasteiger partial charge is 0.208 e. The van der Waals surface area contributed by atoms with Crippen molar-refractivity contribution in [2.75, 3.05) is 23.7 Å². The minimum Gasteiger partial charge on any atom is -0.398 e. The quantitative estimate of drug-likeness (QED) is 0.843. The summed E-state index contributed by atoms with van der Waals surface area (Å²) >= 11 is 1.65. The number of aromatic nitrogens is 2. The van der Waals surface area contributed by atoms with Crippen molar-refractivity contribution < 1.29 is 0 Å². The molecule has 0 aliphatic carbocycles. The Morgan fingerprint density at radius 3 is 2.72 bits per heavy atom. The molecule has 3 rings (SSSR count). The van der Waals surface area contributed by atoms with Gasteiger partial charge in [-0.05, 0) is 31.4 Å². The van der Waals surface area contributed by atoms with E-state index in [0.29, 0.717) is 0 Å². The maximum atomic E-state index is 5.93. The van der Waals surface area contributed by atoms with Crippen LogP contribution < -0.4 is 10.6 Å². The van der Waals surface area contributed by atoms with Crippen molar-refractivity contribution in [2.24, 2.45) is 0 Å². The molecule has 4 nitrogen and oxygen atoms in total. The number of hydrogen-bond donors (Lipinski definition) is 1. The first-order valence-corrected chi connectivity index (χ1v) is 7.00. The predicted octanol–water partition coefficient (Wildman–Crippen LogP) is 2.70. The molecule has 2 heterocycles. The zero-order valence-corrected chi connectivity index (χ0v) is 11.2. The molecule has 2 aromatic rings. The molecule has 0 saturated carbocycles. The lowest BCUT2D eigenvalue weighted by Gasteiger charge is -2.11. The number of nitrogens with zero attached hydrogens (tertiary/aromatic N) is 3. The fraction of sp³-hybridized carbons (Fsp3) is 0.385. The third kappa shape index (κ3) is 2.06. The number of nitrogens with two attached hydrogens (primary N) is 1. The van der Waals surface area contributed by atoms with Gasteiger partial charge >= 0.3 is 0 Å². The average Bonchev–Trinajstić information content (AvgIpc) is 3.01. The molecule has 0 amide bonds. The van der Waals surface area contributed by atoms with Gasteiger partial charge in [-0.2, -0.15) is 0 Å². The van der Waals surface area contributed by atoms with Gasteiger partial charge in [0.1, 0.15) is 5.01 Å². The van der Waals surface area contributed by atoms with Crippen molar-refractivity contribution in [3.05, 3.63) is 23.8 Å². The number of hydrogen-bond acceptors (Lipinski definition) is 5. The SMILES string of the molecule is Cc1ccc(-c2nnc(N3CCCC3)s2)cc1N. The Balaban J connectivity index is 1.89. The largest absolute Gasteiger partial charge is 0.398 e. The number of benzene rings is 1. The summed E-state index contributed by atoms with van der Waals surface area (Å²) in [5, 5.41) is 10.5. The first-order valence-electron chi connectivity index (χ1n) is 6.19. The monoisotopic (exact) mass is 260 g/mol. The summed E-state index contributed by atoms with van der Waals surface area (Å²) < 4.78 is 0. The van der Waals surface area contributed by atoms with Crippen LogP contribution in [0.2, 0.25) is 0 Å². The summed E-state index contributed by atoms with van der Waals surface area (Å²) in [5.41, 5.74) is 8.90. The van der Waals surface area contributed by atoms with E-state index in [4.69, 9.17) is 5.73 Å². The fourth-order valence-corrected chi connectivity index (χ4v) is 3.03. The first-order chi connectivity index (χ1) is 8.74. The number of aryl methyl sites for hydroxylation is 1. The van der Waals surface area contributed by atoms with Crippen molar-refractivity contribution in [1.29, 1.82) is 0 Å². The van der Waals surface area contributed by atoms with E-state index in [-0.39, 0.29) is 0 Å². The van der Waals surface area contributed by atoms with Crippen LogP contribution in [-0.2, 0) is 0 Å². The molecule has 0 spiro atoms. The molecule has 1 fully saturated rings. The summed E-state index contributed by atoms with van der Waals surface area (Å²) in [6.07, 6.45) is 2.51. The Morgan fingerprint density at radius 1 is 1.22 bits per heavy atom. The summed E-state index contributed by atoms with van der Waals surface area (Å²) in [6.45, 7) is 4.21. The highest BCUT2D eigenvalue weighted by atomic mass is 32.1. The predicted molar refractivity (Wildman–Crippen MR) is 75.9 cm³/mol. The van der Waals surface area contributed by atoms with E-state index in [1.54, 1.807) is 11.3 Å². The van der Waals surface area contributed by atoms with Gasteiger partial charge in [0.25, 0.3) is 0 Å². The minimum atomic E-state index is 0.811. The summed E-state index contributed by atoms with van der Waals surface area (Å²) in [7, 11) is 0. The van der Waals surface area contributed by atoms with Gasteiger partial charge in [-0.1, -0.05) is 23.5 Å². The van der Waals surface area contributed by atoms with Crippen LogP contribution in [0.3, 0.4) is 0 Å². The van der Waals surface area contributed by atoms with Crippen molar-refractivity contribution in [2.45, 2.75) is 19.8 Å². The van der Waals surface area contributed by atoms with Gasteiger partial charge in [0.15, 0.2) is 0 Å². The van der Waals surface area contributed by atoms with Crippen LogP contribution in [0.4, 0.5) is 10.8 Å². The van der Waals surface area contributed by atoms with E-state index in [9.17, 15) is 0 Å². The van der Waals surface area contributed by atoms with E-state index in [1.165, 1.54) is 12.8 Å². The molecule has 0 atom stereocenters. The van der Waals surface area contributed by atoms with Crippen molar-refractivity contribution in [3.63, 3.8) is 0 Å². The van der Waals surface area contributed by atoms with Crippen molar-refractivity contribution >= 4 is 22.2 Å². The molecular weight excluding hydrogens is 244 g/mol. The minimum absolute atomic E-state index is 0.811. The van der Waals surface area contributed by atoms with Crippen LogP contribution in [0, 0.1) is 6.92 Å². The van der Waals surface area contributed by atoms with E-state index in [2.05, 4.69) is 21.2 Å². The van der Waals surface area contributed by atoms with Crippen LogP contribution in [0.1, 0.15) is 18.4 Å². The highest BCUT2D eigenvalue weighted by Gasteiger charge is 2.17. The molecule has 1 aromatic carbocycles. The molecule has 1 saturated heterocycles. The second kappa shape index (κ2) is 4.57. The lowest BCUT2D eigenvalue weighted by molar-refractivity contribution is 0.929. The number of nitrogen functional groups attached to an aromatic ring is 1. The third-order valence-corrected chi connectivity index (χ3v) is 4.35. The molecular formula is C13H16N4S. The maximum absolute atomic E-state index is 5.93. The zero-order valence-electron chi connectivity index (χ0n) is 10.4. The fourth-order valence-electron chi connectivity index (χ4n) is 2.14. The van der Waals surface area contributed by atoms with E-state index in [1.807, 2.05) is 19.1 Å². The molecule has 0 radical (unpaired) electrons. The van der Waals surface area contributed by atoms with Gasteiger partial charge < -0.3 is 10.6 Å². The summed E-state index contributed by atoms with van der Waals surface area (Å²) in [4.78, 5) is 2.30. The first kappa shape index (κ1) is 11.5. The molecule has 18 heavy (non-hydrogen) atoms. The Labute approximate surface area is 110 Å². The van der Waals surface area contributed by atoms with Crippen molar-refractivity contribution in [3.8, 4) is 10.6 Å². The normalized spacial score (nSPS) is 15.3. The lowest BCUT2D eigenvalue weighted by atomic mass is 10.1. The van der Waals surface area contributed by atoms with Gasteiger partial charge in [0.2, 0.25) is 5.13 Å². The molecule has 1 aliphatic rings. The molecule has 94 valence electrons. The summed E-state index contributed by atoms with van der Waals surface area (Å²) in [5.74, 6) is 0. The summed E-state index contributed by atoms with van der Waals surface area (Å²) in [6, 6.07) is 6.06. The van der Waals surface area contributed by atoms with Gasteiger partial charge in [-0.15, -0.1) is 10.2 Å². The molecule has 1 aromatic heterocycles. The highest BCUT2D eigenvalue weighted by molar-refractivity contribution is 7.18. The standard InChI is InChI=1S/C13H16N4S/c1-9-4-5-10(8-11(9)14)12-15-16-13(18-12)17-6-2-3-7-17/h4-5,8H,2-3,6-7,14H2,1H3. The van der Waals surface area contributed by atoms with Crippen LogP contribution in [0.15, 0.2) is 18.2 Å². The Morgan fingerprint density at radius 2 is 2.00 bits per heavy atom. The maximum Gasteiger partial charge on any atom is 0.208 e.